The van der Waals surface area contributed by atoms with Gasteiger partial charge in [-0.1, -0.05) is 0 Å². The van der Waals surface area contributed by atoms with Crippen LogP contribution in [0.15, 0.2) is 34.7 Å². The number of imidazole rings is 1. The molecule has 1 aliphatic heterocycles. The molecule has 6 nitrogen and oxygen atoms in total. The number of fused-ring (bicyclic) bond motifs is 1. The molecule has 32 heavy (non-hydrogen) atoms. The Bertz CT molecular complexity index is 1290. The van der Waals surface area contributed by atoms with Gasteiger partial charge >= 0.3 is 0 Å². The molecule has 0 spiro atoms. The molecule has 7 heteroatoms. The van der Waals surface area contributed by atoms with Crippen molar-refractivity contribution in [3.63, 3.8) is 0 Å². The number of nitrogens with one attached hydrogen (secondary N) is 1. The molecule has 3 heterocycles. The number of halogens is 1. The maximum atomic E-state index is 13.6. The summed E-state index contributed by atoms with van der Waals surface area (Å²) >= 11 is 0. The zero-order valence-electron chi connectivity index (χ0n) is 18.8. The van der Waals surface area contributed by atoms with Crippen LogP contribution in [0.25, 0.3) is 22.5 Å². The summed E-state index contributed by atoms with van der Waals surface area (Å²) in [6.45, 7) is 7.71. The van der Waals surface area contributed by atoms with Gasteiger partial charge in [-0.2, -0.15) is 0 Å². The lowest BCUT2D eigenvalue weighted by atomic mass is 10.0. The Labute approximate surface area is 186 Å². The van der Waals surface area contributed by atoms with Gasteiger partial charge in [0.05, 0.1) is 29.9 Å². The molecular weight excluding hydrogens is 407 g/mol. The molecule has 1 atom stereocenters. The predicted octanol–water partition coefficient (Wildman–Crippen LogP) is 5.63. The van der Waals surface area contributed by atoms with Crippen molar-refractivity contribution in [3.8, 4) is 17.2 Å². The first-order valence-corrected chi connectivity index (χ1v) is 10.9. The van der Waals surface area contributed by atoms with Crippen molar-refractivity contribution in [2.24, 2.45) is 0 Å². The van der Waals surface area contributed by atoms with E-state index in [2.05, 4.69) is 16.8 Å². The number of nitrogens with zero attached hydrogens (tertiary/aromatic N) is 3. The molecule has 5 rings (SSSR count). The summed E-state index contributed by atoms with van der Waals surface area (Å²) < 4.78 is 25.1. The highest BCUT2D eigenvalue weighted by atomic mass is 19.1. The van der Waals surface area contributed by atoms with Gasteiger partial charge in [-0.3, -0.25) is 4.90 Å². The number of oxazole rings is 1. The third-order valence-electron chi connectivity index (χ3n) is 6.57. The zero-order valence-corrected chi connectivity index (χ0v) is 18.8. The quantitative estimate of drug-likeness (QED) is 0.441. The number of hydrogen-bond acceptors (Lipinski definition) is 5. The van der Waals surface area contributed by atoms with Gasteiger partial charge in [0.25, 0.3) is 0 Å². The molecule has 0 bridgehead atoms. The fourth-order valence-electron chi connectivity index (χ4n) is 4.62. The van der Waals surface area contributed by atoms with E-state index in [1.807, 2.05) is 26.0 Å². The van der Waals surface area contributed by atoms with Crippen LogP contribution in [0.3, 0.4) is 0 Å². The van der Waals surface area contributed by atoms with Crippen LogP contribution in [0.2, 0.25) is 0 Å². The Morgan fingerprint density at radius 3 is 2.81 bits per heavy atom. The minimum Gasteiger partial charge on any atom is -0.496 e. The molecule has 0 radical (unpaired) electrons. The average molecular weight is 435 g/mol. The van der Waals surface area contributed by atoms with E-state index in [4.69, 9.17) is 19.1 Å². The molecule has 1 aliphatic rings. The molecule has 0 saturated carbocycles. The number of aryl methyl sites for hydroxylation is 1. The Balaban J connectivity index is 1.41. The number of benzene rings is 2. The molecule has 4 aromatic rings. The first kappa shape index (κ1) is 20.7. The summed E-state index contributed by atoms with van der Waals surface area (Å²) in [5, 5.41) is 0. The average Bonchev–Trinajstić information content (AvgIpc) is 3.48. The fraction of sp³-hybridized carbons (Fsp3) is 0.360. The predicted molar refractivity (Wildman–Crippen MR) is 121 cm³/mol. The van der Waals surface area contributed by atoms with Crippen molar-refractivity contribution in [3.05, 3.63) is 64.6 Å². The summed E-state index contributed by atoms with van der Waals surface area (Å²) in [5.74, 6) is 2.94. The van der Waals surface area contributed by atoms with Gasteiger partial charge in [-0.05, 0) is 81.6 Å². The third-order valence-corrected chi connectivity index (χ3v) is 6.57. The van der Waals surface area contributed by atoms with E-state index in [1.165, 1.54) is 12.1 Å². The van der Waals surface area contributed by atoms with Crippen LogP contribution in [0.4, 0.5) is 4.39 Å². The van der Waals surface area contributed by atoms with Gasteiger partial charge in [-0.15, -0.1) is 0 Å². The number of aromatic amines is 1. The lowest BCUT2D eigenvalue weighted by molar-refractivity contribution is 0.237. The Kier molecular flexibility index (Phi) is 5.21. The highest BCUT2D eigenvalue weighted by molar-refractivity contribution is 5.75. The van der Waals surface area contributed by atoms with Crippen molar-refractivity contribution >= 4 is 11.0 Å². The Morgan fingerprint density at radius 1 is 1.16 bits per heavy atom. The van der Waals surface area contributed by atoms with Crippen LogP contribution in [0.5, 0.6) is 5.75 Å². The number of hydrogen-bond donors (Lipinski definition) is 1. The fourth-order valence-corrected chi connectivity index (χ4v) is 4.62. The standard InChI is InChI=1S/C25H27FN4O2/c1-14-15(2)23(31-4)10-8-18(14)25-29-21(16(3)32-25)13-30-11-5-6-22(30)24-27-19-9-7-17(26)12-20(19)28-24/h7-10,12,22H,5-6,11,13H2,1-4H3,(H,27,28). The molecule has 2 aromatic carbocycles. The number of likely N-dealkylation sites (tertiary alicyclic amines) is 1. The van der Waals surface area contributed by atoms with E-state index >= 15 is 0 Å². The SMILES string of the molecule is COc1ccc(-c2nc(CN3CCCC3c3nc4ccc(F)cc4[nH]3)c(C)o2)c(C)c1C. The lowest BCUT2D eigenvalue weighted by Gasteiger charge is -2.21. The van der Waals surface area contributed by atoms with Crippen LogP contribution in [-0.2, 0) is 6.54 Å². The van der Waals surface area contributed by atoms with Crippen molar-refractivity contribution in [1.29, 1.82) is 0 Å². The second kappa shape index (κ2) is 8.06. The van der Waals surface area contributed by atoms with Gasteiger partial charge in [0.15, 0.2) is 0 Å². The number of H-pyrrole nitrogens is 1. The summed E-state index contributed by atoms with van der Waals surface area (Å²) in [5.41, 5.74) is 5.63. The second-order valence-electron chi connectivity index (χ2n) is 8.50. The Hall–Kier alpha value is -3.19. The summed E-state index contributed by atoms with van der Waals surface area (Å²) in [6, 6.07) is 8.77. The molecule has 166 valence electrons. The maximum absolute atomic E-state index is 13.6. The minimum absolute atomic E-state index is 0.148. The largest absolute Gasteiger partial charge is 0.496 e. The zero-order chi connectivity index (χ0) is 22.4. The highest BCUT2D eigenvalue weighted by Crippen LogP contribution is 2.35. The first-order valence-electron chi connectivity index (χ1n) is 10.9. The van der Waals surface area contributed by atoms with Crippen LogP contribution >= 0.6 is 0 Å². The van der Waals surface area contributed by atoms with Crippen LogP contribution in [0.1, 0.15) is 47.3 Å². The monoisotopic (exact) mass is 434 g/mol. The maximum Gasteiger partial charge on any atom is 0.226 e. The van der Waals surface area contributed by atoms with Gasteiger partial charge in [0.1, 0.15) is 23.2 Å². The smallest absolute Gasteiger partial charge is 0.226 e. The second-order valence-corrected chi connectivity index (χ2v) is 8.50. The van der Waals surface area contributed by atoms with E-state index in [-0.39, 0.29) is 11.9 Å². The Morgan fingerprint density at radius 2 is 2.00 bits per heavy atom. The lowest BCUT2D eigenvalue weighted by Crippen LogP contribution is -2.24. The summed E-state index contributed by atoms with van der Waals surface area (Å²) in [4.78, 5) is 15.3. The minimum atomic E-state index is -0.259. The molecule has 0 aliphatic carbocycles. The molecule has 1 unspecified atom stereocenters. The normalized spacial score (nSPS) is 16.8. The van der Waals surface area contributed by atoms with E-state index in [0.29, 0.717) is 12.4 Å². The molecule has 1 N–H and O–H groups in total. The summed E-state index contributed by atoms with van der Waals surface area (Å²) in [7, 11) is 1.68. The van der Waals surface area contributed by atoms with Crippen molar-refractivity contribution in [2.75, 3.05) is 13.7 Å². The summed E-state index contributed by atoms with van der Waals surface area (Å²) in [6.07, 6.45) is 2.08. The molecular formula is C25H27FN4O2. The topological polar surface area (TPSA) is 67.2 Å². The van der Waals surface area contributed by atoms with Crippen LogP contribution < -0.4 is 4.74 Å². The molecule has 1 fully saturated rings. The number of aromatic nitrogens is 3. The third kappa shape index (κ3) is 3.56. The highest BCUT2D eigenvalue weighted by Gasteiger charge is 2.30. The van der Waals surface area contributed by atoms with Crippen LogP contribution in [-0.4, -0.2) is 33.5 Å². The number of ether oxygens (including phenoxy) is 1. The first-order chi connectivity index (χ1) is 15.4. The van der Waals surface area contributed by atoms with Crippen LogP contribution in [0, 0.1) is 26.6 Å². The molecule has 0 amide bonds. The molecule has 2 aromatic heterocycles. The van der Waals surface area contributed by atoms with Crippen molar-refractivity contribution in [2.45, 2.75) is 46.2 Å². The van der Waals surface area contributed by atoms with E-state index < -0.39 is 0 Å². The van der Waals surface area contributed by atoms with Crippen molar-refractivity contribution < 1.29 is 13.5 Å². The van der Waals surface area contributed by atoms with E-state index in [9.17, 15) is 4.39 Å². The number of methoxy groups -OCH3 is 1. The van der Waals surface area contributed by atoms with Gasteiger partial charge in [0, 0.05) is 12.1 Å². The van der Waals surface area contributed by atoms with Gasteiger partial charge < -0.3 is 14.1 Å². The van der Waals surface area contributed by atoms with E-state index in [0.717, 1.165) is 70.1 Å². The van der Waals surface area contributed by atoms with Gasteiger partial charge in [0.2, 0.25) is 5.89 Å². The van der Waals surface area contributed by atoms with Gasteiger partial charge in [-0.25, -0.2) is 14.4 Å². The number of rotatable bonds is 5. The van der Waals surface area contributed by atoms with E-state index in [1.54, 1.807) is 13.2 Å². The molecule has 1 saturated heterocycles. The van der Waals surface area contributed by atoms with Crippen molar-refractivity contribution in [1.82, 2.24) is 19.9 Å².